The van der Waals surface area contributed by atoms with Gasteiger partial charge in [-0.15, -0.1) is 0 Å². The Morgan fingerprint density at radius 1 is 1.15 bits per heavy atom. The lowest BCUT2D eigenvalue weighted by molar-refractivity contribution is 0.479. The molecule has 0 spiro atoms. The molecule has 1 nitrogen and oxygen atoms in total. The van der Waals surface area contributed by atoms with Gasteiger partial charge in [0.2, 0.25) is 0 Å². The van der Waals surface area contributed by atoms with Crippen LogP contribution in [-0.2, 0) is 0 Å². The third-order valence-electron chi connectivity index (χ3n) is 4.52. The zero-order chi connectivity index (χ0) is 13.8. The number of rotatable bonds is 6. The topological polar surface area (TPSA) is 12.0 Å². The molecule has 0 saturated heterocycles. The first-order chi connectivity index (χ1) is 9.83. The molecular formula is C18H24FN. The summed E-state index contributed by atoms with van der Waals surface area (Å²) in [5, 5.41) is 3.70. The van der Waals surface area contributed by atoms with Crippen molar-refractivity contribution in [3.63, 3.8) is 0 Å². The van der Waals surface area contributed by atoms with E-state index in [-0.39, 0.29) is 5.82 Å². The summed E-state index contributed by atoms with van der Waals surface area (Å²) in [7, 11) is 0. The van der Waals surface area contributed by atoms with Crippen LogP contribution in [0.25, 0.3) is 0 Å². The van der Waals surface area contributed by atoms with E-state index in [1.54, 1.807) is 17.7 Å². The van der Waals surface area contributed by atoms with Crippen molar-refractivity contribution in [2.75, 3.05) is 6.54 Å². The molecule has 1 aromatic rings. The van der Waals surface area contributed by atoms with E-state index in [1.807, 2.05) is 12.1 Å². The van der Waals surface area contributed by atoms with Crippen LogP contribution in [-0.4, -0.2) is 6.54 Å². The van der Waals surface area contributed by atoms with Gasteiger partial charge in [0.05, 0.1) is 0 Å². The van der Waals surface area contributed by atoms with E-state index in [4.69, 9.17) is 0 Å². The second-order valence-corrected chi connectivity index (χ2v) is 6.18. The zero-order valence-electron chi connectivity index (χ0n) is 12.1. The number of hydrogen-bond donors (Lipinski definition) is 1. The Morgan fingerprint density at radius 3 is 2.60 bits per heavy atom. The molecule has 2 aliphatic carbocycles. The summed E-state index contributed by atoms with van der Waals surface area (Å²) in [5.41, 5.74) is 2.86. The highest BCUT2D eigenvalue weighted by Crippen LogP contribution is 2.41. The molecule has 1 saturated carbocycles. The van der Waals surface area contributed by atoms with Crippen LogP contribution in [0, 0.1) is 11.7 Å². The lowest BCUT2D eigenvalue weighted by Gasteiger charge is -2.20. The third-order valence-corrected chi connectivity index (χ3v) is 4.52. The molecule has 0 radical (unpaired) electrons. The van der Waals surface area contributed by atoms with Gasteiger partial charge in [-0.2, -0.15) is 0 Å². The van der Waals surface area contributed by atoms with Crippen LogP contribution in [0.5, 0.6) is 0 Å². The molecule has 0 amide bonds. The summed E-state index contributed by atoms with van der Waals surface area (Å²) in [4.78, 5) is 0. The van der Waals surface area contributed by atoms with Crippen molar-refractivity contribution in [1.29, 1.82) is 0 Å². The minimum absolute atomic E-state index is 0.143. The van der Waals surface area contributed by atoms with Crippen LogP contribution >= 0.6 is 0 Å². The van der Waals surface area contributed by atoms with Gasteiger partial charge >= 0.3 is 0 Å². The summed E-state index contributed by atoms with van der Waals surface area (Å²) in [6, 6.07) is 7.45. The molecule has 20 heavy (non-hydrogen) atoms. The van der Waals surface area contributed by atoms with Crippen LogP contribution in [0.4, 0.5) is 4.39 Å². The summed E-state index contributed by atoms with van der Waals surface area (Å²) in [6.45, 7) is 1.05. The molecule has 0 aliphatic heterocycles. The molecule has 1 aromatic carbocycles. The van der Waals surface area contributed by atoms with Crippen molar-refractivity contribution < 1.29 is 4.39 Å². The second-order valence-electron chi connectivity index (χ2n) is 6.18. The van der Waals surface area contributed by atoms with Crippen molar-refractivity contribution in [2.45, 2.75) is 51.0 Å². The second kappa shape index (κ2) is 6.53. The summed E-state index contributed by atoms with van der Waals surface area (Å²) >= 11 is 0. The Balaban J connectivity index is 1.55. The Bertz CT molecular complexity index is 459. The SMILES string of the molecule is Fc1ccc(C(NCCC2=CCCCC2)C2CC2)cc1. The summed E-state index contributed by atoms with van der Waals surface area (Å²) in [6.07, 6.45) is 11.5. The highest BCUT2D eigenvalue weighted by Gasteiger charge is 2.31. The van der Waals surface area contributed by atoms with Gasteiger partial charge in [0.1, 0.15) is 5.82 Å². The fraction of sp³-hybridized carbons (Fsp3) is 0.556. The van der Waals surface area contributed by atoms with E-state index in [0.29, 0.717) is 6.04 Å². The number of nitrogens with one attached hydrogen (secondary N) is 1. The first-order valence-corrected chi connectivity index (χ1v) is 8.00. The summed E-state index contributed by atoms with van der Waals surface area (Å²) < 4.78 is 13.0. The number of hydrogen-bond acceptors (Lipinski definition) is 1. The van der Waals surface area contributed by atoms with E-state index in [1.165, 1.54) is 50.5 Å². The average molecular weight is 273 g/mol. The van der Waals surface area contributed by atoms with E-state index in [0.717, 1.165) is 12.5 Å². The first-order valence-electron chi connectivity index (χ1n) is 8.00. The van der Waals surface area contributed by atoms with Crippen LogP contribution in [0.3, 0.4) is 0 Å². The number of halogens is 1. The van der Waals surface area contributed by atoms with E-state index in [2.05, 4.69) is 11.4 Å². The van der Waals surface area contributed by atoms with Gasteiger partial charge in [-0.3, -0.25) is 0 Å². The molecular weight excluding hydrogens is 249 g/mol. The van der Waals surface area contributed by atoms with E-state index >= 15 is 0 Å². The highest BCUT2D eigenvalue weighted by atomic mass is 19.1. The lowest BCUT2D eigenvalue weighted by Crippen LogP contribution is -2.24. The molecule has 1 unspecified atom stereocenters. The fourth-order valence-electron chi connectivity index (χ4n) is 3.18. The standard InChI is InChI=1S/C18H24FN/c19-17-10-8-16(9-11-17)18(15-6-7-15)20-13-12-14-4-2-1-3-5-14/h4,8-11,15,18,20H,1-3,5-7,12-13H2. The van der Waals surface area contributed by atoms with Crippen LogP contribution in [0.1, 0.15) is 56.6 Å². The van der Waals surface area contributed by atoms with Crippen molar-refractivity contribution in [2.24, 2.45) is 5.92 Å². The number of benzene rings is 1. The molecule has 2 heteroatoms. The van der Waals surface area contributed by atoms with Gasteiger partial charge < -0.3 is 5.32 Å². The minimum atomic E-state index is -0.143. The van der Waals surface area contributed by atoms with Crippen LogP contribution in [0.2, 0.25) is 0 Å². The third kappa shape index (κ3) is 3.69. The average Bonchev–Trinajstić information content (AvgIpc) is 3.31. The van der Waals surface area contributed by atoms with E-state index in [9.17, 15) is 4.39 Å². The predicted octanol–water partition coefficient (Wildman–Crippen LogP) is 4.76. The zero-order valence-corrected chi connectivity index (χ0v) is 12.1. The van der Waals surface area contributed by atoms with Gasteiger partial charge in [-0.05, 0) is 75.1 Å². The smallest absolute Gasteiger partial charge is 0.123 e. The normalized spacial score (nSPS) is 20.6. The molecule has 108 valence electrons. The fourth-order valence-corrected chi connectivity index (χ4v) is 3.18. The maximum Gasteiger partial charge on any atom is 0.123 e. The van der Waals surface area contributed by atoms with E-state index < -0.39 is 0 Å². The number of allylic oxidation sites excluding steroid dienone is 1. The van der Waals surface area contributed by atoms with Gasteiger partial charge in [0.15, 0.2) is 0 Å². The molecule has 2 aliphatic rings. The largest absolute Gasteiger partial charge is 0.309 e. The minimum Gasteiger partial charge on any atom is -0.309 e. The first kappa shape index (κ1) is 13.8. The van der Waals surface area contributed by atoms with Gasteiger partial charge in [-0.25, -0.2) is 4.39 Å². The molecule has 0 aromatic heterocycles. The van der Waals surface area contributed by atoms with Gasteiger partial charge in [0, 0.05) is 6.04 Å². The molecule has 0 bridgehead atoms. The molecule has 1 fully saturated rings. The van der Waals surface area contributed by atoms with Gasteiger partial charge in [0.25, 0.3) is 0 Å². The van der Waals surface area contributed by atoms with Crippen molar-refractivity contribution in [1.82, 2.24) is 5.32 Å². The van der Waals surface area contributed by atoms with Crippen molar-refractivity contribution in [3.05, 3.63) is 47.3 Å². The lowest BCUT2D eigenvalue weighted by atomic mass is 9.96. The van der Waals surface area contributed by atoms with Crippen LogP contribution < -0.4 is 5.32 Å². The van der Waals surface area contributed by atoms with Crippen molar-refractivity contribution >= 4 is 0 Å². The summed E-state index contributed by atoms with van der Waals surface area (Å²) in [5.74, 6) is 0.608. The van der Waals surface area contributed by atoms with Crippen LogP contribution in [0.15, 0.2) is 35.9 Å². The molecule has 1 N–H and O–H groups in total. The van der Waals surface area contributed by atoms with Gasteiger partial charge in [-0.1, -0.05) is 23.8 Å². The Morgan fingerprint density at radius 2 is 1.95 bits per heavy atom. The highest BCUT2D eigenvalue weighted by molar-refractivity contribution is 5.22. The molecule has 3 rings (SSSR count). The monoisotopic (exact) mass is 273 g/mol. The molecule has 1 atom stereocenters. The molecule has 0 heterocycles. The Hall–Kier alpha value is -1.15. The Labute approximate surface area is 121 Å². The van der Waals surface area contributed by atoms with Crippen molar-refractivity contribution in [3.8, 4) is 0 Å². The maximum atomic E-state index is 13.0. The Kier molecular flexibility index (Phi) is 4.51. The predicted molar refractivity (Wildman–Crippen MR) is 81.0 cm³/mol. The maximum absolute atomic E-state index is 13.0. The quantitative estimate of drug-likeness (QED) is 0.737.